The van der Waals surface area contributed by atoms with E-state index in [-0.39, 0.29) is 0 Å². The summed E-state index contributed by atoms with van der Waals surface area (Å²) in [5.41, 5.74) is 5.07. The van der Waals surface area contributed by atoms with Gasteiger partial charge < -0.3 is 20.4 Å². The number of anilines is 1. The van der Waals surface area contributed by atoms with Crippen LogP contribution in [0.15, 0.2) is 6.20 Å². The first-order chi connectivity index (χ1) is 4.89. The SMILES string of the molecule is Nc1cn[nH]n1.O=P(O)(O)O. The van der Waals surface area contributed by atoms with Crippen LogP contribution >= 0.6 is 7.82 Å². The van der Waals surface area contributed by atoms with E-state index in [1.54, 1.807) is 0 Å². The quantitative estimate of drug-likeness (QED) is 0.305. The lowest BCUT2D eigenvalue weighted by Crippen LogP contribution is -1.81. The van der Waals surface area contributed by atoms with Crippen molar-refractivity contribution in [1.29, 1.82) is 0 Å². The first kappa shape index (κ1) is 10.0. The summed E-state index contributed by atoms with van der Waals surface area (Å²) < 4.78 is 8.88. The molecule has 1 aromatic rings. The van der Waals surface area contributed by atoms with Crippen molar-refractivity contribution < 1.29 is 19.2 Å². The predicted octanol–water partition coefficient (Wildman–Crippen LogP) is -1.54. The Morgan fingerprint density at radius 3 is 2.09 bits per heavy atom. The van der Waals surface area contributed by atoms with Crippen molar-refractivity contribution in [1.82, 2.24) is 15.4 Å². The van der Waals surface area contributed by atoms with E-state index in [4.69, 9.17) is 25.0 Å². The Hall–Kier alpha value is -0.950. The van der Waals surface area contributed by atoms with E-state index in [9.17, 15) is 0 Å². The summed E-state index contributed by atoms with van der Waals surface area (Å²) in [5, 5.41) is 9.22. The van der Waals surface area contributed by atoms with Gasteiger partial charge in [-0.3, -0.25) is 0 Å². The number of nitrogens with one attached hydrogen (secondary N) is 1. The highest BCUT2D eigenvalue weighted by molar-refractivity contribution is 7.45. The minimum atomic E-state index is -4.64. The highest BCUT2D eigenvalue weighted by Gasteiger charge is 2.00. The number of phosphoric acid groups is 1. The Morgan fingerprint density at radius 2 is 2.00 bits per heavy atom. The molecule has 1 heterocycles. The number of nitrogen functional groups attached to an aromatic ring is 1. The fraction of sp³-hybridized carbons (Fsp3) is 0. The van der Waals surface area contributed by atoms with Crippen molar-refractivity contribution in [3.8, 4) is 0 Å². The van der Waals surface area contributed by atoms with E-state index in [1.807, 2.05) is 0 Å². The maximum absolute atomic E-state index is 8.88. The predicted molar refractivity (Wildman–Crippen MR) is 35.1 cm³/mol. The van der Waals surface area contributed by atoms with E-state index in [0.717, 1.165) is 0 Å². The molecule has 0 aromatic carbocycles. The second kappa shape index (κ2) is 4.04. The molecule has 0 spiro atoms. The summed E-state index contributed by atoms with van der Waals surface area (Å²) >= 11 is 0. The smallest absolute Gasteiger partial charge is 0.381 e. The summed E-state index contributed by atoms with van der Waals surface area (Å²) in [7, 11) is -4.64. The number of hydrogen-bond acceptors (Lipinski definition) is 4. The third kappa shape index (κ3) is 12.3. The van der Waals surface area contributed by atoms with Crippen molar-refractivity contribution >= 4 is 13.6 Å². The third-order valence-corrected chi connectivity index (χ3v) is 0.434. The van der Waals surface area contributed by atoms with E-state index in [1.165, 1.54) is 6.20 Å². The number of rotatable bonds is 0. The summed E-state index contributed by atoms with van der Waals surface area (Å²) in [4.78, 5) is 21.6. The summed E-state index contributed by atoms with van der Waals surface area (Å²) in [6.07, 6.45) is 1.44. The molecular formula is C2H7N4O4P. The molecule has 0 fully saturated rings. The third-order valence-electron chi connectivity index (χ3n) is 0.434. The van der Waals surface area contributed by atoms with Gasteiger partial charge in [-0.05, 0) is 0 Å². The van der Waals surface area contributed by atoms with Crippen LogP contribution in [-0.2, 0) is 4.57 Å². The summed E-state index contributed by atoms with van der Waals surface area (Å²) in [6, 6.07) is 0. The number of hydrogen-bond donors (Lipinski definition) is 5. The van der Waals surface area contributed by atoms with Crippen molar-refractivity contribution in [2.45, 2.75) is 0 Å². The van der Waals surface area contributed by atoms with Crippen LogP contribution in [0.2, 0.25) is 0 Å². The number of aromatic amines is 1. The van der Waals surface area contributed by atoms with Crippen molar-refractivity contribution in [3.05, 3.63) is 6.20 Å². The number of nitrogens with two attached hydrogens (primary N) is 1. The number of H-pyrrole nitrogens is 1. The van der Waals surface area contributed by atoms with Crippen LogP contribution in [0.4, 0.5) is 5.82 Å². The molecule has 0 aliphatic heterocycles. The standard InChI is InChI=1S/C2H4N4.H3O4P/c3-2-1-4-6-5-2;1-5(2,3)4/h1H,(H3,3,4,5,6);(H3,1,2,3,4). The molecule has 0 aliphatic rings. The fourth-order valence-electron chi connectivity index (χ4n) is 0.210. The molecule has 0 aliphatic carbocycles. The number of aromatic nitrogens is 3. The van der Waals surface area contributed by atoms with Gasteiger partial charge in [-0.15, -0.1) is 5.10 Å². The van der Waals surface area contributed by atoms with Crippen molar-refractivity contribution in [2.24, 2.45) is 0 Å². The Kier molecular flexibility index (Phi) is 3.69. The molecule has 11 heavy (non-hydrogen) atoms. The minimum absolute atomic E-state index is 0.426. The molecule has 0 saturated heterocycles. The fourth-order valence-corrected chi connectivity index (χ4v) is 0.210. The lowest BCUT2D eigenvalue weighted by Gasteiger charge is -1.82. The zero-order valence-electron chi connectivity index (χ0n) is 5.25. The molecular weight excluding hydrogens is 175 g/mol. The van der Waals surface area contributed by atoms with Crippen LogP contribution in [0.3, 0.4) is 0 Å². The minimum Gasteiger partial charge on any atom is -0.381 e. The van der Waals surface area contributed by atoms with Gasteiger partial charge in [0.2, 0.25) is 0 Å². The molecule has 64 valence electrons. The van der Waals surface area contributed by atoms with Gasteiger partial charge in [0.05, 0.1) is 6.20 Å². The van der Waals surface area contributed by atoms with E-state index in [2.05, 4.69) is 15.4 Å². The molecule has 1 rings (SSSR count). The molecule has 0 atom stereocenters. The lowest BCUT2D eigenvalue weighted by atomic mass is 10.8. The summed E-state index contributed by atoms with van der Waals surface area (Å²) in [5.74, 6) is 0.426. The molecule has 8 nitrogen and oxygen atoms in total. The van der Waals surface area contributed by atoms with E-state index >= 15 is 0 Å². The second-order valence-corrected chi connectivity index (χ2v) is 2.43. The molecule has 6 N–H and O–H groups in total. The lowest BCUT2D eigenvalue weighted by molar-refractivity contribution is 0.275. The van der Waals surface area contributed by atoms with Crippen LogP contribution in [-0.4, -0.2) is 30.1 Å². The molecule has 0 amide bonds. The topological polar surface area (TPSA) is 145 Å². The second-order valence-electron chi connectivity index (χ2n) is 1.41. The molecule has 0 unspecified atom stereocenters. The molecule has 1 aromatic heterocycles. The highest BCUT2D eigenvalue weighted by atomic mass is 31.2. The monoisotopic (exact) mass is 182 g/mol. The Balaban J connectivity index is 0.000000187. The van der Waals surface area contributed by atoms with Crippen LogP contribution in [0.5, 0.6) is 0 Å². The maximum atomic E-state index is 8.88. The van der Waals surface area contributed by atoms with Gasteiger partial charge in [-0.25, -0.2) is 4.57 Å². The number of nitrogens with zero attached hydrogens (tertiary/aromatic N) is 2. The maximum Gasteiger partial charge on any atom is 0.466 e. The first-order valence-electron chi connectivity index (χ1n) is 2.29. The van der Waals surface area contributed by atoms with Gasteiger partial charge in [0.15, 0.2) is 5.82 Å². The van der Waals surface area contributed by atoms with Gasteiger partial charge in [0.25, 0.3) is 0 Å². The Labute approximate surface area is 61.3 Å². The Bertz CT molecular complexity index is 220. The average molecular weight is 182 g/mol. The van der Waals surface area contributed by atoms with Crippen molar-refractivity contribution in [2.75, 3.05) is 5.73 Å². The normalized spacial score (nSPS) is 10.1. The Morgan fingerprint density at radius 1 is 1.55 bits per heavy atom. The van der Waals surface area contributed by atoms with Gasteiger partial charge >= 0.3 is 7.82 Å². The first-order valence-corrected chi connectivity index (χ1v) is 3.85. The average Bonchev–Trinajstić information content (AvgIpc) is 2.12. The van der Waals surface area contributed by atoms with E-state index in [0.29, 0.717) is 5.82 Å². The van der Waals surface area contributed by atoms with Crippen LogP contribution in [0.1, 0.15) is 0 Å². The molecule has 9 heteroatoms. The van der Waals surface area contributed by atoms with Gasteiger partial charge in [-0.1, -0.05) is 0 Å². The van der Waals surface area contributed by atoms with Crippen LogP contribution < -0.4 is 5.73 Å². The zero-order valence-corrected chi connectivity index (χ0v) is 6.14. The van der Waals surface area contributed by atoms with Gasteiger partial charge in [-0.2, -0.15) is 10.3 Å². The molecule has 0 bridgehead atoms. The van der Waals surface area contributed by atoms with Gasteiger partial charge in [0, 0.05) is 0 Å². The molecule has 0 radical (unpaired) electrons. The van der Waals surface area contributed by atoms with Crippen molar-refractivity contribution in [3.63, 3.8) is 0 Å². The molecule has 0 saturated carbocycles. The van der Waals surface area contributed by atoms with Gasteiger partial charge in [0.1, 0.15) is 0 Å². The van der Waals surface area contributed by atoms with Crippen LogP contribution in [0.25, 0.3) is 0 Å². The van der Waals surface area contributed by atoms with E-state index < -0.39 is 7.82 Å². The zero-order chi connectivity index (χ0) is 8.91. The van der Waals surface area contributed by atoms with Crippen LogP contribution in [0, 0.1) is 0 Å². The largest absolute Gasteiger partial charge is 0.466 e. The summed E-state index contributed by atoms with van der Waals surface area (Å²) in [6.45, 7) is 0. The highest BCUT2D eigenvalue weighted by Crippen LogP contribution is 2.25.